The molecular formula is C21H25NO2S. The molecule has 3 rings (SSSR count). The third kappa shape index (κ3) is 2.89. The van der Waals surface area contributed by atoms with E-state index in [1.807, 2.05) is 24.3 Å². The van der Waals surface area contributed by atoms with Crippen LogP contribution in [0.5, 0.6) is 0 Å². The van der Waals surface area contributed by atoms with Crippen LogP contribution >= 0.6 is 0 Å². The van der Waals surface area contributed by atoms with E-state index in [0.29, 0.717) is 5.92 Å². The molecule has 1 unspecified atom stereocenters. The molecule has 0 aliphatic heterocycles. The minimum atomic E-state index is -3.37. The van der Waals surface area contributed by atoms with E-state index >= 15 is 0 Å². The van der Waals surface area contributed by atoms with Gasteiger partial charge in [0, 0.05) is 17.0 Å². The zero-order valence-electron chi connectivity index (χ0n) is 15.4. The summed E-state index contributed by atoms with van der Waals surface area (Å²) in [4.78, 5) is 0. The van der Waals surface area contributed by atoms with Crippen LogP contribution in [0.2, 0.25) is 0 Å². The normalized spacial score (nSPS) is 14.8. The van der Waals surface area contributed by atoms with Crippen LogP contribution in [0.3, 0.4) is 0 Å². The second-order valence-corrected chi connectivity index (χ2v) is 9.20. The molecule has 0 fully saturated rings. The minimum Gasteiger partial charge on any atom is -0.245 e. The summed E-state index contributed by atoms with van der Waals surface area (Å²) in [5.74, 6) is 0.300. The van der Waals surface area contributed by atoms with Gasteiger partial charge in [0.25, 0.3) is 0 Å². The van der Waals surface area contributed by atoms with Crippen molar-refractivity contribution >= 4 is 20.9 Å². The van der Waals surface area contributed by atoms with E-state index in [2.05, 4.69) is 52.0 Å². The monoisotopic (exact) mass is 355 g/mol. The Bertz CT molecular complexity index is 1010. The molecule has 0 saturated carbocycles. The molecule has 0 amide bonds. The molecule has 0 saturated heterocycles. The Morgan fingerprint density at radius 1 is 1.00 bits per heavy atom. The van der Waals surface area contributed by atoms with Crippen molar-refractivity contribution in [1.82, 2.24) is 3.97 Å². The highest BCUT2D eigenvalue weighted by molar-refractivity contribution is 7.89. The summed E-state index contributed by atoms with van der Waals surface area (Å²) in [7, 11) is -3.37. The van der Waals surface area contributed by atoms with Crippen molar-refractivity contribution in [2.75, 3.05) is 6.26 Å². The van der Waals surface area contributed by atoms with Gasteiger partial charge >= 0.3 is 0 Å². The van der Waals surface area contributed by atoms with Gasteiger partial charge in [-0.3, -0.25) is 0 Å². The Balaban J connectivity index is 2.37. The molecule has 0 aliphatic rings. The zero-order valence-corrected chi connectivity index (χ0v) is 16.3. The first kappa shape index (κ1) is 17.7. The molecule has 0 spiro atoms. The summed E-state index contributed by atoms with van der Waals surface area (Å²) in [6.45, 7) is 8.65. The molecule has 25 heavy (non-hydrogen) atoms. The molecule has 3 aromatic rings. The lowest BCUT2D eigenvalue weighted by Gasteiger charge is -2.35. The lowest BCUT2D eigenvalue weighted by Crippen LogP contribution is -2.30. The van der Waals surface area contributed by atoms with Gasteiger partial charge in [-0.25, -0.2) is 12.4 Å². The number of nitrogens with zero attached hydrogens (tertiary/aromatic N) is 1. The second-order valence-electron chi connectivity index (χ2n) is 7.34. The number of aromatic nitrogens is 1. The summed E-state index contributed by atoms with van der Waals surface area (Å²) in [5, 5.41) is 0.990. The predicted molar refractivity (Wildman–Crippen MR) is 105 cm³/mol. The lowest BCUT2D eigenvalue weighted by molar-refractivity contribution is 0.408. The van der Waals surface area contributed by atoms with Crippen LogP contribution in [0.1, 0.15) is 37.5 Å². The first-order chi connectivity index (χ1) is 11.7. The zero-order chi connectivity index (χ0) is 18.4. The van der Waals surface area contributed by atoms with Gasteiger partial charge in [-0.2, -0.15) is 0 Å². The molecule has 1 heterocycles. The molecule has 0 bridgehead atoms. The average molecular weight is 356 g/mol. The van der Waals surface area contributed by atoms with E-state index in [1.54, 1.807) is 6.20 Å². The van der Waals surface area contributed by atoms with Gasteiger partial charge in [0.2, 0.25) is 10.0 Å². The number of para-hydroxylation sites is 1. The van der Waals surface area contributed by atoms with Gasteiger partial charge in [0.1, 0.15) is 0 Å². The maximum atomic E-state index is 12.3. The fraction of sp³-hybridized carbons (Fsp3) is 0.333. The minimum absolute atomic E-state index is 0.288. The molecular weight excluding hydrogens is 330 g/mol. The van der Waals surface area contributed by atoms with Crippen molar-refractivity contribution in [1.29, 1.82) is 0 Å². The van der Waals surface area contributed by atoms with Crippen LogP contribution in [0, 0.1) is 12.8 Å². The van der Waals surface area contributed by atoms with Crippen LogP contribution in [-0.4, -0.2) is 18.6 Å². The van der Waals surface area contributed by atoms with Gasteiger partial charge in [-0.05, 0) is 30.0 Å². The number of fused-ring (bicyclic) bond motifs is 1. The van der Waals surface area contributed by atoms with E-state index in [-0.39, 0.29) is 5.41 Å². The summed E-state index contributed by atoms with van der Waals surface area (Å²) in [5.41, 5.74) is 3.91. The first-order valence-corrected chi connectivity index (χ1v) is 10.4. The molecule has 2 aromatic carbocycles. The molecule has 0 N–H and O–H groups in total. The van der Waals surface area contributed by atoms with E-state index < -0.39 is 10.0 Å². The highest BCUT2D eigenvalue weighted by Crippen LogP contribution is 2.43. The van der Waals surface area contributed by atoms with Crippen LogP contribution in [0.15, 0.2) is 54.7 Å². The van der Waals surface area contributed by atoms with Gasteiger partial charge in [-0.1, -0.05) is 68.8 Å². The Hall–Kier alpha value is -2.07. The smallest absolute Gasteiger partial charge is 0.236 e. The van der Waals surface area contributed by atoms with Crippen molar-refractivity contribution in [2.24, 2.45) is 5.92 Å². The Labute approximate surface area is 150 Å². The Morgan fingerprint density at radius 2 is 1.60 bits per heavy atom. The topological polar surface area (TPSA) is 39.1 Å². The molecule has 3 nitrogen and oxygen atoms in total. The third-order valence-corrected chi connectivity index (χ3v) is 6.42. The quantitative estimate of drug-likeness (QED) is 0.679. The Morgan fingerprint density at radius 3 is 2.16 bits per heavy atom. The van der Waals surface area contributed by atoms with Gasteiger partial charge in [0.05, 0.1) is 11.8 Å². The van der Waals surface area contributed by atoms with E-state index in [9.17, 15) is 8.42 Å². The number of benzene rings is 2. The first-order valence-electron chi connectivity index (χ1n) is 8.54. The van der Waals surface area contributed by atoms with E-state index in [1.165, 1.54) is 21.4 Å². The molecule has 0 aliphatic carbocycles. The number of rotatable bonds is 4. The maximum absolute atomic E-state index is 12.3. The van der Waals surface area contributed by atoms with Crippen LogP contribution < -0.4 is 0 Å². The number of hydrogen-bond acceptors (Lipinski definition) is 2. The summed E-state index contributed by atoms with van der Waals surface area (Å²) in [6.07, 6.45) is 3.06. The summed E-state index contributed by atoms with van der Waals surface area (Å²) < 4.78 is 26.0. The molecule has 4 heteroatoms. The van der Waals surface area contributed by atoms with Crippen LogP contribution in [0.25, 0.3) is 10.9 Å². The van der Waals surface area contributed by atoms with Gasteiger partial charge in [-0.15, -0.1) is 0 Å². The maximum Gasteiger partial charge on any atom is 0.236 e. The number of aryl methyl sites for hydroxylation is 1. The predicted octanol–water partition coefficient (Wildman–Crippen LogP) is 4.72. The van der Waals surface area contributed by atoms with Gasteiger partial charge in [0.15, 0.2) is 0 Å². The second kappa shape index (κ2) is 6.03. The number of hydrogen-bond donors (Lipinski definition) is 0. The molecule has 1 aromatic heterocycles. The van der Waals surface area contributed by atoms with Crippen molar-refractivity contribution in [2.45, 2.75) is 33.1 Å². The van der Waals surface area contributed by atoms with Crippen molar-refractivity contribution in [3.05, 3.63) is 71.4 Å². The fourth-order valence-corrected chi connectivity index (χ4v) is 4.35. The van der Waals surface area contributed by atoms with E-state index in [4.69, 9.17) is 0 Å². The molecule has 1 atom stereocenters. The highest BCUT2D eigenvalue weighted by atomic mass is 32.2. The van der Waals surface area contributed by atoms with Gasteiger partial charge < -0.3 is 0 Å². The largest absolute Gasteiger partial charge is 0.245 e. The highest BCUT2D eigenvalue weighted by Gasteiger charge is 2.36. The van der Waals surface area contributed by atoms with Crippen LogP contribution in [-0.2, 0) is 15.4 Å². The summed E-state index contributed by atoms with van der Waals surface area (Å²) >= 11 is 0. The van der Waals surface area contributed by atoms with Crippen molar-refractivity contribution in [3.8, 4) is 0 Å². The van der Waals surface area contributed by atoms with E-state index in [0.717, 1.165) is 16.5 Å². The molecule has 132 valence electrons. The van der Waals surface area contributed by atoms with Crippen LogP contribution in [0.4, 0.5) is 0 Å². The lowest BCUT2D eigenvalue weighted by atomic mass is 9.68. The third-order valence-electron chi connectivity index (χ3n) is 5.40. The SMILES string of the molecule is Cc1ccc(C(C)(c2cn(S(C)(=O)=O)c3ccccc23)C(C)C)cc1. The van der Waals surface area contributed by atoms with Crippen molar-refractivity contribution < 1.29 is 8.42 Å². The summed E-state index contributed by atoms with van der Waals surface area (Å²) in [6, 6.07) is 16.3. The standard InChI is InChI=1S/C21H25NO2S/c1-15(2)21(4,17-12-10-16(3)11-13-17)19-14-22(25(5,23)24)20-9-7-6-8-18(19)20/h6-15H,1-5H3. The average Bonchev–Trinajstić information content (AvgIpc) is 2.95. The Kier molecular flexibility index (Phi) is 4.28. The molecule has 0 radical (unpaired) electrons. The fourth-order valence-electron chi connectivity index (χ4n) is 3.54. The van der Waals surface area contributed by atoms with Crippen molar-refractivity contribution in [3.63, 3.8) is 0 Å².